The molecule has 0 saturated carbocycles. The van der Waals surface area contributed by atoms with E-state index < -0.39 is 0 Å². The lowest BCUT2D eigenvalue weighted by Crippen LogP contribution is -2.46. The Bertz CT molecular complexity index is 601. The predicted molar refractivity (Wildman–Crippen MR) is 98.1 cm³/mol. The third-order valence-electron chi connectivity index (χ3n) is 4.65. The first-order chi connectivity index (χ1) is 12.2. The summed E-state index contributed by atoms with van der Waals surface area (Å²) in [5.41, 5.74) is 1.36. The molecule has 2 saturated heterocycles. The molecule has 1 aromatic carbocycles. The lowest BCUT2D eigenvalue weighted by atomic mass is 10.1. The number of nitrogens with one attached hydrogen (secondary N) is 3. The number of nitrogens with zero attached hydrogens (tertiary/aromatic N) is 2. The number of rotatable bonds is 6. The topological polar surface area (TPSA) is 76.7 Å². The van der Waals surface area contributed by atoms with Crippen LogP contribution in [0.5, 0.6) is 0 Å². The fourth-order valence-electron chi connectivity index (χ4n) is 3.23. The van der Waals surface area contributed by atoms with Gasteiger partial charge in [0, 0.05) is 57.1 Å². The zero-order valence-corrected chi connectivity index (χ0v) is 14.6. The highest BCUT2D eigenvalue weighted by Gasteiger charge is 2.20. The Balaban J connectivity index is 1.48. The Morgan fingerprint density at radius 1 is 1.16 bits per heavy atom. The fraction of sp³-hybridized carbons (Fsp3) is 0.556. The summed E-state index contributed by atoms with van der Waals surface area (Å²) in [4.78, 5) is 28.4. The molecular formula is C18H27N5O2. The van der Waals surface area contributed by atoms with Crippen LogP contribution in [0.3, 0.4) is 0 Å². The number of carbonyl (C=O) groups is 2. The molecule has 3 amide bonds. The van der Waals surface area contributed by atoms with E-state index in [0.717, 1.165) is 51.3 Å². The summed E-state index contributed by atoms with van der Waals surface area (Å²) in [5.74, 6) is -0.0837. The minimum Gasteiger partial charge on any atom is -0.352 e. The van der Waals surface area contributed by atoms with Crippen molar-refractivity contribution in [2.75, 3.05) is 57.3 Å². The average Bonchev–Trinajstić information content (AvgIpc) is 2.66. The molecule has 0 bridgehead atoms. The maximum atomic E-state index is 12.4. The maximum absolute atomic E-state index is 12.4. The molecule has 2 aliphatic heterocycles. The van der Waals surface area contributed by atoms with Crippen molar-refractivity contribution < 1.29 is 9.59 Å². The Labute approximate surface area is 148 Å². The Morgan fingerprint density at radius 2 is 2.00 bits per heavy atom. The van der Waals surface area contributed by atoms with Crippen molar-refractivity contribution in [3.63, 3.8) is 0 Å². The molecule has 1 aromatic rings. The summed E-state index contributed by atoms with van der Waals surface area (Å²) in [6, 6.07) is 7.17. The van der Waals surface area contributed by atoms with Crippen LogP contribution in [0.15, 0.2) is 24.3 Å². The van der Waals surface area contributed by atoms with Gasteiger partial charge in [-0.25, -0.2) is 4.79 Å². The van der Waals surface area contributed by atoms with Crippen molar-refractivity contribution in [1.82, 2.24) is 20.9 Å². The molecule has 2 aliphatic rings. The molecule has 0 unspecified atom stereocenters. The van der Waals surface area contributed by atoms with Crippen LogP contribution in [0.25, 0.3) is 0 Å². The molecule has 0 spiro atoms. The zero-order valence-electron chi connectivity index (χ0n) is 14.6. The third kappa shape index (κ3) is 4.93. The second-order valence-electron chi connectivity index (χ2n) is 6.49. The van der Waals surface area contributed by atoms with Crippen molar-refractivity contribution in [2.24, 2.45) is 0 Å². The first-order valence-corrected chi connectivity index (χ1v) is 9.11. The van der Waals surface area contributed by atoms with Gasteiger partial charge in [0.05, 0.1) is 0 Å². The normalized spacial score (nSPS) is 18.7. The van der Waals surface area contributed by atoms with E-state index in [4.69, 9.17) is 0 Å². The van der Waals surface area contributed by atoms with E-state index in [2.05, 4.69) is 20.9 Å². The van der Waals surface area contributed by atoms with Crippen LogP contribution in [0.4, 0.5) is 10.5 Å². The van der Waals surface area contributed by atoms with E-state index in [-0.39, 0.29) is 11.9 Å². The van der Waals surface area contributed by atoms with E-state index in [1.54, 1.807) is 17.0 Å². The van der Waals surface area contributed by atoms with Gasteiger partial charge in [-0.3, -0.25) is 9.69 Å². The number of benzene rings is 1. The SMILES string of the molecule is O=C(NCCCN1CCNCC1)c1cccc(N2CCCNC2=O)c1. The molecule has 0 atom stereocenters. The van der Waals surface area contributed by atoms with Crippen molar-refractivity contribution >= 4 is 17.6 Å². The first kappa shape index (κ1) is 17.7. The highest BCUT2D eigenvalue weighted by atomic mass is 16.2. The number of urea groups is 1. The molecule has 25 heavy (non-hydrogen) atoms. The standard InChI is InChI=1S/C18H27N5O2/c24-17(20-6-2-10-22-12-8-19-9-13-22)15-4-1-5-16(14-15)23-11-3-7-21-18(23)25/h1,4-5,14,19H,2-3,6-13H2,(H,20,24)(H,21,25). The van der Waals surface area contributed by atoms with Crippen molar-refractivity contribution in [3.05, 3.63) is 29.8 Å². The lowest BCUT2D eigenvalue weighted by Gasteiger charge is -2.27. The van der Waals surface area contributed by atoms with E-state index in [0.29, 0.717) is 25.2 Å². The van der Waals surface area contributed by atoms with Gasteiger partial charge in [0.1, 0.15) is 0 Å². The monoisotopic (exact) mass is 345 g/mol. The predicted octanol–water partition coefficient (Wildman–Crippen LogP) is 0.631. The Morgan fingerprint density at radius 3 is 2.80 bits per heavy atom. The summed E-state index contributed by atoms with van der Waals surface area (Å²) in [6.07, 6.45) is 1.86. The van der Waals surface area contributed by atoms with E-state index in [1.807, 2.05) is 12.1 Å². The molecule has 7 heteroatoms. The van der Waals surface area contributed by atoms with Crippen LogP contribution in [-0.4, -0.2) is 69.2 Å². The third-order valence-corrected chi connectivity index (χ3v) is 4.65. The largest absolute Gasteiger partial charge is 0.352 e. The van der Waals surface area contributed by atoms with E-state index in [1.165, 1.54) is 0 Å². The summed E-state index contributed by atoms with van der Waals surface area (Å²) in [5, 5.41) is 9.15. The molecule has 7 nitrogen and oxygen atoms in total. The summed E-state index contributed by atoms with van der Waals surface area (Å²) in [6.45, 7) is 7.31. The Hall–Kier alpha value is -2.12. The fourth-order valence-corrected chi connectivity index (χ4v) is 3.23. The quantitative estimate of drug-likeness (QED) is 0.661. The minimum absolute atomic E-state index is 0.0837. The molecule has 0 aromatic heterocycles. The van der Waals surface area contributed by atoms with Gasteiger partial charge in [-0.1, -0.05) is 6.07 Å². The average molecular weight is 345 g/mol. The minimum atomic E-state index is -0.0974. The summed E-state index contributed by atoms with van der Waals surface area (Å²) >= 11 is 0. The van der Waals surface area contributed by atoms with Crippen LogP contribution < -0.4 is 20.9 Å². The van der Waals surface area contributed by atoms with Gasteiger partial charge in [0.25, 0.3) is 5.91 Å². The van der Waals surface area contributed by atoms with Gasteiger partial charge in [0.15, 0.2) is 0 Å². The summed E-state index contributed by atoms with van der Waals surface area (Å²) < 4.78 is 0. The second kappa shape index (κ2) is 8.82. The molecular weight excluding hydrogens is 318 g/mol. The van der Waals surface area contributed by atoms with Gasteiger partial charge >= 0.3 is 6.03 Å². The number of piperazine rings is 1. The molecule has 136 valence electrons. The highest BCUT2D eigenvalue weighted by Crippen LogP contribution is 2.18. The zero-order chi connectivity index (χ0) is 17.5. The smallest absolute Gasteiger partial charge is 0.321 e. The van der Waals surface area contributed by atoms with Crippen LogP contribution in [0.1, 0.15) is 23.2 Å². The number of carbonyl (C=O) groups excluding carboxylic acids is 2. The molecule has 0 aliphatic carbocycles. The highest BCUT2D eigenvalue weighted by molar-refractivity contribution is 5.97. The van der Waals surface area contributed by atoms with Crippen LogP contribution >= 0.6 is 0 Å². The maximum Gasteiger partial charge on any atom is 0.321 e. The Kier molecular flexibility index (Phi) is 6.25. The van der Waals surface area contributed by atoms with E-state index in [9.17, 15) is 9.59 Å². The van der Waals surface area contributed by atoms with Gasteiger partial charge in [-0.05, 0) is 37.6 Å². The molecule has 2 fully saturated rings. The number of hydrogen-bond donors (Lipinski definition) is 3. The van der Waals surface area contributed by atoms with Crippen LogP contribution in [0.2, 0.25) is 0 Å². The van der Waals surface area contributed by atoms with Gasteiger partial charge in [-0.2, -0.15) is 0 Å². The van der Waals surface area contributed by atoms with Gasteiger partial charge < -0.3 is 20.9 Å². The van der Waals surface area contributed by atoms with Crippen LogP contribution in [-0.2, 0) is 0 Å². The first-order valence-electron chi connectivity index (χ1n) is 9.11. The van der Waals surface area contributed by atoms with Gasteiger partial charge in [-0.15, -0.1) is 0 Å². The molecule has 3 rings (SSSR count). The number of hydrogen-bond acceptors (Lipinski definition) is 4. The number of amides is 3. The van der Waals surface area contributed by atoms with Crippen molar-refractivity contribution in [1.29, 1.82) is 0 Å². The summed E-state index contributed by atoms with van der Waals surface area (Å²) in [7, 11) is 0. The van der Waals surface area contributed by atoms with Gasteiger partial charge in [0.2, 0.25) is 0 Å². The molecule has 3 N–H and O–H groups in total. The molecule has 2 heterocycles. The van der Waals surface area contributed by atoms with Crippen molar-refractivity contribution in [3.8, 4) is 0 Å². The van der Waals surface area contributed by atoms with Crippen molar-refractivity contribution in [2.45, 2.75) is 12.8 Å². The van der Waals surface area contributed by atoms with E-state index >= 15 is 0 Å². The number of anilines is 1. The molecule has 0 radical (unpaired) electrons. The lowest BCUT2D eigenvalue weighted by molar-refractivity contribution is 0.0951. The van der Waals surface area contributed by atoms with Crippen LogP contribution in [0, 0.1) is 0 Å². The second-order valence-corrected chi connectivity index (χ2v) is 6.49.